The van der Waals surface area contributed by atoms with E-state index in [1.54, 1.807) is 24.3 Å². The van der Waals surface area contributed by atoms with Crippen molar-refractivity contribution in [1.29, 1.82) is 0 Å². The molecule has 7 nitrogen and oxygen atoms in total. The molecule has 4 saturated carbocycles. The van der Waals surface area contributed by atoms with Crippen molar-refractivity contribution < 1.29 is 13.2 Å². The van der Waals surface area contributed by atoms with Gasteiger partial charge >= 0.3 is 0 Å². The average Bonchev–Trinajstić information content (AvgIpc) is 3.33. The van der Waals surface area contributed by atoms with Crippen LogP contribution < -0.4 is 9.62 Å². The summed E-state index contributed by atoms with van der Waals surface area (Å²) in [5.41, 5.74) is 1.13. The number of aromatic nitrogens is 2. The van der Waals surface area contributed by atoms with Gasteiger partial charge in [-0.15, -0.1) is 10.2 Å². The van der Waals surface area contributed by atoms with Crippen LogP contribution in [-0.2, 0) is 15.4 Å². The lowest BCUT2D eigenvalue weighted by atomic mass is 9.50. The minimum Gasteiger partial charge on any atom is -0.296 e. The SMILES string of the molecule is O=C(Nc1nnc(C23CC4CC(CC(C4)C2)C3)s1)c1cccc(N2CCCS2(=O)=O)c1. The Morgan fingerprint density at radius 2 is 1.81 bits per heavy atom. The van der Waals surface area contributed by atoms with E-state index in [4.69, 9.17) is 0 Å². The standard InChI is InChI=1S/C22H26N4O3S2/c27-19(17-3-1-4-18(10-17)26-5-2-6-31(26,28)29)23-21-25-24-20(30-21)22-11-14-7-15(12-22)9-16(8-14)13-22/h1,3-4,10,14-16H,2,5-9,11-13H2,(H,23,25,27). The maximum Gasteiger partial charge on any atom is 0.257 e. The van der Waals surface area contributed by atoms with E-state index >= 15 is 0 Å². The predicted molar refractivity (Wildman–Crippen MR) is 120 cm³/mol. The highest BCUT2D eigenvalue weighted by atomic mass is 32.2. The van der Waals surface area contributed by atoms with Crippen LogP contribution in [0.4, 0.5) is 10.8 Å². The molecule has 31 heavy (non-hydrogen) atoms. The van der Waals surface area contributed by atoms with E-state index in [1.807, 2.05) is 0 Å². The monoisotopic (exact) mass is 458 g/mol. The normalized spacial score (nSPS) is 33.0. The number of amides is 1. The topological polar surface area (TPSA) is 92.3 Å². The van der Waals surface area contributed by atoms with Crippen LogP contribution in [0.1, 0.15) is 60.3 Å². The Balaban J connectivity index is 1.20. The Morgan fingerprint density at radius 1 is 1.10 bits per heavy atom. The van der Waals surface area contributed by atoms with Crippen molar-refractivity contribution in [3.63, 3.8) is 0 Å². The van der Waals surface area contributed by atoms with E-state index < -0.39 is 10.0 Å². The molecule has 5 fully saturated rings. The number of nitrogens with zero attached hydrogens (tertiary/aromatic N) is 3. The zero-order chi connectivity index (χ0) is 21.2. The first kappa shape index (κ1) is 19.7. The molecule has 7 rings (SSSR count). The summed E-state index contributed by atoms with van der Waals surface area (Å²) in [6.07, 6.45) is 8.40. The summed E-state index contributed by atoms with van der Waals surface area (Å²) in [6.45, 7) is 0.457. The van der Waals surface area contributed by atoms with Crippen LogP contribution in [-0.4, -0.2) is 36.8 Å². The van der Waals surface area contributed by atoms with E-state index in [-0.39, 0.29) is 17.1 Å². The maximum atomic E-state index is 12.9. The van der Waals surface area contributed by atoms with Gasteiger partial charge in [-0.2, -0.15) is 0 Å². The highest BCUT2D eigenvalue weighted by molar-refractivity contribution is 7.93. The van der Waals surface area contributed by atoms with Gasteiger partial charge in [-0.25, -0.2) is 8.42 Å². The summed E-state index contributed by atoms with van der Waals surface area (Å²) in [5, 5.41) is 13.3. The molecule has 164 valence electrons. The predicted octanol–water partition coefficient (Wildman–Crippen LogP) is 3.80. The van der Waals surface area contributed by atoms with Gasteiger partial charge in [0.25, 0.3) is 5.91 Å². The number of carbonyl (C=O) groups is 1. The molecule has 1 N–H and O–H groups in total. The second-order valence-corrected chi connectivity index (χ2v) is 12.8. The fraction of sp³-hybridized carbons (Fsp3) is 0.591. The van der Waals surface area contributed by atoms with Gasteiger partial charge in [0.1, 0.15) is 5.01 Å². The van der Waals surface area contributed by atoms with Crippen molar-refractivity contribution >= 4 is 38.1 Å². The second kappa shape index (κ2) is 7.00. The van der Waals surface area contributed by atoms with E-state index in [1.165, 1.54) is 54.2 Å². The molecule has 1 amide bonds. The summed E-state index contributed by atoms with van der Waals surface area (Å²) in [5.74, 6) is 2.36. The summed E-state index contributed by atoms with van der Waals surface area (Å²) in [6, 6.07) is 6.79. The number of hydrogen-bond acceptors (Lipinski definition) is 6. The first-order chi connectivity index (χ1) is 14.9. The summed E-state index contributed by atoms with van der Waals surface area (Å²) >= 11 is 1.51. The van der Waals surface area contributed by atoms with Crippen LogP contribution >= 0.6 is 11.3 Å². The van der Waals surface area contributed by atoms with Crippen LogP contribution in [0.15, 0.2) is 24.3 Å². The van der Waals surface area contributed by atoms with E-state index in [2.05, 4.69) is 15.5 Å². The smallest absolute Gasteiger partial charge is 0.257 e. The van der Waals surface area contributed by atoms with Crippen molar-refractivity contribution in [1.82, 2.24) is 10.2 Å². The van der Waals surface area contributed by atoms with Gasteiger partial charge in [0.05, 0.1) is 11.4 Å². The van der Waals surface area contributed by atoms with Crippen molar-refractivity contribution in [2.24, 2.45) is 17.8 Å². The molecule has 1 saturated heterocycles. The zero-order valence-electron chi connectivity index (χ0n) is 17.3. The minimum absolute atomic E-state index is 0.154. The molecule has 4 aliphatic carbocycles. The molecule has 2 aromatic rings. The Kier molecular flexibility index (Phi) is 4.44. The fourth-order valence-corrected chi connectivity index (χ4v) is 9.27. The summed E-state index contributed by atoms with van der Waals surface area (Å²) in [4.78, 5) is 12.9. The average molecular weight is 459 g/mol. The quantitative estimate of drug-likeness (QED) is 0.752. The number of nitrogens with one attached hydrogen (secondary N) is 1. The Hall–Kier alpha value is -2.00. The first-order valence-electron chi connectivity index (χ1n) is 11.2. The third kappa shape index (κ3) is 3.36. The third-order valence-electron chi connectivity index (χ3n) is 7.63. The Morgan fingerprint density at radius 3 is 2.45 bits per heavy atom. The lowest BCUT2D eigenvalue weighted by Crippen LogP contribution is -2.48. The molecule has 1 aliphatic heterocycles. The van der Waals surface area contributed by atoms with E-state index in [0.29, 0.717) is 29.3 Å². The second-order valence-electron chi connectivity index (χ2n) is 9.86. The summed E-state index contributed by atoms with van der Waals surface area (Å²) < 4.78 is 25.8. The number of benzene rings is 1. The van der Waals surface area contributed by atoms with Crippen LogP contribution in [0, 0.1) is 17.8 Å². The van der Waals surface area contributed by atoms with Gasteiger partial charge in [-0.05, 0) is 80.9 Å². The van der Waals surface area contributed by atoms with E-state index in [9.17, 15) is 13.2 Å². The van der Waals surface area contributed by atoms with Gasteiger partial charge < -0.3 is 0 Å². The third-order valence-corrected chi connectivity index (χ3v) is 10.6. The van der Waals surface area contributed by atoms with Crippen molar-refractivity contribution in [3.05, 3.63) is 34.8 Å². The molecule has 0 atom stereocenters. The molecule has 1 aromatic carbocycles. The number of carbonyl (C=O) groups excluding carboxylic acids is 1. The molecule has 4 bridgehead atoms. The van der Waals surface area contributed by atoms with Crippen LogP contribution in [0.2, 0.25) is 0 Å². The van der Waals surface area contributed by atoms with Gasteiger partial charge in [-0.3, -0.25) is 14.4 Å². The molecule has 2 heterocycles. The van der Waals surface area contributed by atoms with Crippen molar-refractivity contribution in [2.45, 2.75) is 50.4 Å². The molecule has 0 unspecified atom stereocenters. The number of anilines is 2. The van der Waals surface area contributed by atoms with E-state index in [0.717, 1.165) is 22.8 Å². The molecular weight excluding hydrogens is 432 g/mol. The molecule has 1 aromatic heterocycles. The maximum absolute atomic E-state index is 12.9. The van der Waals surface area contributed by atoms with Gasteiger partial charge in [-0.1, -0.05) is 17.4 Å². The number of sulfonamides is 1. The molecule has 0 spiro atoms. The highest BCUT2D eigenvalue weighted by Gasteiger charge is 2.53. The lowest BCUT2D eigenvalue weighted by molar-refractivity contribution is -0.00555. The fourth-order valence-electron chi connectivity index (χ4n) is 6.76. The summed E-state index contributed by atoms with van der Waals surface area (Å²) in [7, 11) is -3.28. The molecule has 0 radical (unpaired) electrons. The van der Waals surface area contributed by atoms with Crippen LogP contribution in [0.3, 0.4) is 0 Å². The number of hydrogen-bond donors (Lipinski definition) is 1. The van der Waals surface area contributed by atoms with Crippen molar-refractivity contribution in [2.75, 3.05) is 21.9 Å². The van der Waals surface area contributed by atoms with Gasteiger partial charge in [0, 0.05) is 17.5 Å². The highest BCUT2D eigenvalue weighted by Crippen LogP contribution is 2.61. The van der Waals surface area contributed by atoms with Crippen molar-refractivity contribution in [3.8, 4) is 0 Å². The lowest BCUT2D eigenvalue weighted by Gasteiger charge is -2.55. The Labute approximate surface area is 186 Å². The zero-order valence-corrected chi connectivity index (χ0v) is 18.9. The first-order valence-corrected chi connectivity index (χ1v) is 13.6. The molecular formula is C22H26N4O3S2. The Bertz CT molecular complexity index is 1110. The number of rotatable bonds is 4. The van der Waals surface area contributed by atoms with Crippen LogP contribution in [0.25, 0.3) is 0 Å². The molecule has 5 aliphatic rings. The minimum atomic E-state index is -3.28. The van der Waals surface area contributed by atoms with Gasteiger partial charge in [0.15, 0.2) is 0 Å². The largest absolute Gasteiger partial charge is 0.296 e. The molecule has 9 heteroatoms. The van der Waals surface area contributed by atoms with Crippen LogP contribution in [0.5, 0.6) is 0 Å². The van der Waals surface area contributed by atoms with Gasteiger partial charge in [0.2, 0.25) is 15.2 Å².